The van der Waals surface area contributed by atoms with E-state index in [-0.39, 0.29) is 0 Å². The van der Waals surface area contributed by atoms with Gasteiger partial charge in [-0.05, 0) is 61.4 Å². The van der Waals surface area contributed by atoms with E-state index in [1.807, 2.05) is 49.4 Å². The van der Waals surface area contributed by atoms with Crippen LogP contribution in [0.4, 0.5) is 0 Å². The lowest BCUT2D eigenvalue weighted by molar-refractivity contribution is 1.34. The fourth-order valence-electron chi connectivity index (χ4n) is 1.78. The molecule has 2 aromatic carbocycles. The van der Waals surface area contributed by atoms with Crippen LogP contribution in [-0.4, -0.2) is 0 Å². The molecule has 0 amide bonds. The third-order valence-corrected chi connectivity index (χ3v) is 4.33. The number of rotatable bonds is 0. The van der Waals surface area contributed by atoms with Gasteiger partial charge in [0, 0.05) is 9.75 Å². The molecular formula is C24H32S. The molecule has 3 rings (SSSR count). The summed E-state index contributed by atoms with van der Waals surface area (Å²) < 4.78 is 0. The molecule has 0 fully saturated rings. The Morgan fingerprint density at radius 3 is 1.08 bits per heavy atom. The Balaban J connectivity index is 0.000000330. The van der Waals surface area contributed by atoms with Crippen molar-refractivity contribution in [3.63, 3.8) is 0 Å². The summed E-state index contributed by atoms with van der Waals surface area (Å²) >= 11 is 1.84. The summed E-state index contributed by atoms with van der Waals surface area (Å²) in [6, 6.07) is 20.4. The Hall–Kier alpha value is -2.12. The molecule has 0 radical (unpaired) electrons. The van der Waals surface area contributed by atoms with Crippen molar-refractivity contribution in [2.45, 2.75) is 41.5 Å². The predicted molar refractivity (Wildman–Crippen MR) is 118 cm³/mol. The molecule has 0 aliphatic carbocycles. The van der Waals surface area contributed by atoms with Crippen LogP contribution in [0.2, 0.25) is 0 Å². The molecule has 0 spiro atoms. The molecule has 0 saturated carbocycles. The normalized spacial score (nSPS) is 8.72. The third-order valence-electron chi connectivity index (χ3n) is 3.42. The molecule has 1 aromatic heterocycles. The van der Waals surface area contributed by atoms with Gasteiger partial charge in [0.05, 0.1) is 0 Å². The average molecular weight is 353 g/mol. The van der Waals surface area contributed by atoms with E-state index in [0.29, 0.717) is 0 Å². The minimum atomic E-state index is 1.01. The topological polar surface area (TPSA) is 0 Å². The molecule has 0 aliphatic heterocycles. The second kappa shape index (κ2) is 13.2. The molecule has 0 unspecified atom stereocenters. The number of hydrogen-bond donors (Lipinski definition) is 0. The van der Waals surface area contributed by atoms with Crippen molar-refractivity contribution in [3.8, 4) is 0 Å². The van der Waals surface area contributed by atoms with Crippen LogP contribution in [0.1, 0.15) is 34.7 Å². The summed E-state index contributed by atoms with van der Waals surface area (Å²) in [7, 11) is 0. The summed E-state index contributed by atoms with van der Waals surface area (Å²) in [6.45, 7) is 20.0. The summed E-state index contributed by atoms with van der Waals surface area (Å²) in [4.78, 5) is 2.80. The van der Waals surface area contributed by atoms with Crippen LogP contribution in [-0.2, 0) is 0 Å². The molecule has 1 heterocycles. The van der Waals surface area contributed by atoms with E-state index in [1.165, 1.54) is 20.9 Å². The van der Waals surface area contributed by atoms with Crippen LogP contribution < -0.4 is 10.4 Å². The Labute approximate surface area is 158 Å². The second-order valence-corrected chi connectivity index (χ2v) is 7.00. The van der Waals surface area contributed by atoms with Gasteiger partial charge in [-0.25, -0.2) is 0 Å². The fraction of sp³-hybridized carbons (Fsp3) is 0.250. The van der Waals surface area contributed by atoms with Crippen molar-refractivity contribution in [1.29, 1.82) is 0 Å². The monoisotopic (exact) mass is 352 g/mol. The maximum Gasteiger partial charge on any atom is 0.00170 e. The minimum Gasteiger partial charge on any atom is -0.146 e. The molecule has 0 bridgehead atoms. The van der Waals surface area contributed by atoms with E-state index in [2.05, 4.69) is 77.3 Å². The van der Waals surface area contributed by atoms with E-state index < -0.39 is 0 Å². The molecule has 0 N–H and O–H groups in total. The largest absolute Gasteiger partial charge is 0.146 e. The molecule has 0 nitrogen and oxygen atoms in total. The number of benzene rings is 2. The summed E-state index contributed by atoms with van der Waals surface area (Å²) in [6.07, 6.45) is 0. The van der Waals surface area contributed by atoms with Crippen LogP contribution in [0, 0.1) is 27.7 Å². The van der Waals surface area contributed by atoms with Gasteiger partial charge in [-0.3, -0.25) is 0 Å². The minimum absolute atomic E-state index is 1.01. The van der Waals surface area contributed by atoms with Crippen LogP contribution >= 0.6 is 11.3 Å². The zero-order valence-electron chi connectivity index (χ0n) is 16.6. The van der Waals surface area contributed by atoms with Crippen LogP contribution in [0.15, 0.2) is 60.7 Å². The number of thiophene rings is 1. The highest BCUT2D eigenvalue weighted by Crippen LogP contribution is 2.12. The van der Waals surface area contributed by atoms with Crippen molar-refractivity contribution < 1.29 is 0 Å². The molecule has 0 aliphatic rings. The predicted octanol–water partition coefficient (Wildman–Crippen LogP) is 6.20. The summed E-state index contributed by atoms with van der Waals surface area (Å²) in [5, 5.41) is 2.01. The molecule has 1 heteroatoms. The van der Waals surface area contributed by atoms with Crippen molar-refractivity contribution in [2.75, 3.05) is 0 Å². The Kier molecular flexibility index (Phi) is 12.1. The molecule has 3 aromatic rings. The SMILES string of the molecule is C=c1ccccc1=C.CC.Cc1ccc(C)s1.Cc1ccccc1C. The van der Waals surface area contributed by atoms with Gasteiger partial charge in [0.25, 0.3) is 0 Å². The van der Waals surface area contributed by atoms with Gasteiger partial charge in [-0.15, -0.1) is 11.3 Å². The van der Waals surface area contributed by atoms with E-state index in [1.54, 1.807) is 0 Å². The smallest absolute Gasteiger partial charge is 0.00170 e. The highest BCUT2D eigenvalue weighted by atomic mass is 32.1. The van der Waals surface area contributed by atoms with Gasteiger partial charge in [0.15, 0.2) is 0 Å². The maximum atomic E-state index is 3.76. The second-order valence-electron chi connectivity index (χ2n) is 5.51. The first-order valence-corrected chi connectivity index (χ1v) is 9.50. The lowest BCUT2D eigenvalue weighted by Gasteiger charge is -1.93. The van der Waals surface area contributed by atoms with Gasteiger partial charge in [0.2, 0.25) is 0 Å². The van der Waals surface area contributed by atoms with Crippen molar-refractivity contribution in [3.05, 3.63) is 92.0 Å². The van der Waals surface area contributed by atoms with Gasteiger partial charge >= 0.3 is 0 Å². The molecule has 0 atom stereocenters. The van der Waals surface area contributed by atoms with Gasteiger partial charge in [0.1, 0.15) is 0 Å². The summed E-state index contributed by atoms with van der Waals surface area (Å²) in [5.74, 6) is 0. The van der Waals surface area contributed by atoms with Gasteiger partial charge in [-0.2, -0.15) is 0 Å². The first-order chi connectivity index (χ1) is 11.9. The average Bonchev–Trinajstić information content (AvgIpc) is 2.99. The van der Waals surface area contributed by atoms with Crippen LogP contribution in [0.25, 0.3) is 13.2 Å². The standard InChI is InChI=1S/C8H10.C8H8.C6H8S.C2H6/c2*1-7-5-3-4-6-8(7)2;1-5-3-4-6(2)7-5;1-2/h3-6H,1-2H3;3-6H,1-2H2;3-4H,1-2H3;1-2H3. The summed E-state index contributed by atoms with van der Waals surface area (Å²) in [5.41, 5.74) is 2.74. The first kappa shape index (κ1) is 22.9. The van der Waals surface area contributed by atoms with Crippen LogP contribution in [0.3, 0.4) is 0 Å². The first-order valence-electron chi connectivity index (χ1n) is 8.68. The van der Waals surface area contributed by atoms with Gasteiger partial charge < -0.3 is 0 Å². The van der Waals surface area contributed by atoms with Crippen LogP contribution in [0.5, 0.6) is 0 Å². The van der Waals surface area contributed by atoms with E-state index in [4.69, 9.17) is 0 Å². The Morgan fingerprint density at radius 2 is 0.880 bits per heavy atom. The molecule has 25 heavy (non-hydrogen) atoms. The van der Waals surface area contributed by atoms with Gasteiger partial charge in [-0.1, -0.05) is 75.5 Å². The molecule has 134 valence electrons. The zero-order valence-corrected chi connectivity index (χ0v) is 17.4. The Bertz CT molecular complexity index is 745. The number of aryl methyl sites for hydroxylation is 4. The quantitative estimate of drug-likeness (QED) is 0.452. The van der Waals surface area contributed by atoms with Crippen molar-refractivity contribution in [2.24, 2.45) is 0 Å². The van der Waals surface area contributed by atoms with Crippen molar-refractivity contribution in [1.82, 2.24) is 0 Å². The molecular weight excluding hydrogens is 320 g/mol. The zero-order chi connectivity index (χ0) is 19.2. The fourth-order valence-corrected chi connectivity index (χ4v) is 2.56. The molecule has 0 saturated heterocycles. The highest BCUT2D eigenvalue weighted by Gasteiger charge is 1.84. The lowest BCUT2D eigenvalue weighted by Crippen LogP contribution is -2.19. The number of hydrogen-bond acceptors (Lipinski definition) is 1. The lowest BCUT2D eigenvalue weighted by atomic mass is 10.1. The maximum absolute atomic E-state index is 3.76. The highest BCUT2D eigenvalue weighted by molar-refractivity contribution is 7.11. The Morgan fingerprint density at radius 1 is 0.560 bits per heavy atom. The third kappa shape index (κ3) is 10.4. The van der Waals surface area contributed by atoms with E-state index in [0.717, 1.165) is 10.4 Å². The van der Waals surface area contributed by atoms with E-state index in [9.17, 15) is 0 Å². The van der Waals surface area contributed by atoms with Crippen molar-refractivity contribution >= 4 is 24.5 Å². The van der Waals surface area contributed by atoms with E-state index >= 15 is 0 Å².